The number of benzene rings is 2. The quantitative estimate of drug-likeness (QED) is 0.768. The standard InChI is InChI=1S/C23H24F3N3O2/c24-23(25,26)18-8-9-20(28-10-4-5-11-28)19(13-18)27-22(31)17-12-21(30)29(15-17)14-16-6-2-1-3-7-16/h1-3,6-9,13,17H,4-5,10-12,14-15H2,(H,27,31)/t17-/m0/s1. The molecule has 0 bridgehead atoms. The van der Waals surface area contributed by atoms with E-state index in [1.165, 1.54) is 6.07 Å². The highest BCUT2D eigenvalue weighted by Gasteiger charge is 2.36. The van der Waals surface area contributed by atoms with Gasteiger partial charge in [-0.2, -0.15) is 13.2 Å². The highest BCUT2D eigenvalue weighted by atomic mass is 19.4. The van der Waals surface area contributed by atoms with E-state index in [4.69, 9.17) is 0 Å². The summed E-state index contributed by atoms with van der Waals surface area (Å²) in [5.41, 5.74) is 0.894. The molecule has 1 N–H and O–H groups in total. The molecular weight excluding hydrogens is 407 g/mol. The summed E-state index contributed by atoms with van der Waals surface area (Å²) in [5, 5.41) is 2.69. The van der Waals surface area contributed by atoms with Crippen LogP contribution in [0.5, 0.6) is 0 Å². The van der Waals surface area contributed by atoms with Gasteiger partial charge in [-0.3, -0.25) is 9.59 Å². The zero-order valence-electron chi connectivity index (χ0n) is 17.0. The second-order valence-corrected chi connectivity index (χ2v) is 8.07. The molecule has 164 valence electrons. The third-order valence-electron chi connectivity index (χ3n) is 5.83. The van der Waals surface area contributed by atoms with Crippen LogP contribution < -0.4 is 10.2 Å². The van der Waals surface area contributed by atoms with Crippen LogP contribution in [0.2, 0.25) is 0 Å². The summed E-state index contributed by atoms with van der Waals surface area (Å²) >= 11 is 0. The summed E-state index contributed by atoms with van der Waals surface area (Å²) in [5.74, 6) is -1.16. The monoisotopic (exact) mass is 431 g/mol. The maximum absolute atomic E-state index is 13.2. The van der Waals surface area contributed by atoms with Gasteiger partial charge < -0.3 is 15.1 Å². The van der Waals surface area contributed by atoms with E-state index in [0.717, 1.165) is 43.6 Å². The summed E-state index contributed by atoms with van der Waals surface area (Å²) in [6.07, 6.45) is -2.53. The van der Waals surface area contributed by atoms with E-state index in [0.29, 0.717) is 12.2 Å². The van der Waals surface area contributed by atoms with Crippen molar-refractivity contribution in [2.24, 2.45) is 5.92 Å². The number of nitrogens with one attached hydrogen (secondary N) is 1. The predicted molar refractivity (Wildman–Crippen MR) is 111 cm³/mol. The first-order valence-electron chi connectivity index (χ1n) is 10.4. The van der Waals surface area contributed by atoms with Crippen molar-refractivity contribution in [3.8, 4) is 0 Å². The van der Waals surface area contributed by atoms with Crippen molar-refractivity contribution in [3.63, 3.8) is 0 Å². The highest BCUT2D eigenvalue weighted by molar-refractivity contribution is 5.99. The summed E-state index contributed by atoms with van der Waals surface area (Å²) in [7, 11) is 0. The molecule has 0 saturated carbocycles. The molecule has 0 aliphatic carbocycles. The molecule has 1 atom stereocenters. The summed E-state index contributed by atoms with van der Waals surface area (Å²) in [6, 6.07) is 12.9. The average molecular weight is 431 g/mol. The van der Waals surface area contributed by atoms with Gasteiger partial charge in [0.25, 0.3) is 0 Å². The molecule has 0 spiro atoms. The van der Waals surface area contributed by atoms with Gasteiger partial charge in [-0.05, 0) is 36.6 Å². The van der Waals surface area contributed by atoms with Gasteiger partial charge in [0.05, 0.1) is 22.9 Å². The van der Waals surface area contributed by atoms with E-state index in [9.17, 15) is 22.8 Å². The Kier molecular flexibility index (Phi) is 5.89. The SMILES string of the molecule is O=C(Nc1cc(C(F)(F)F)ccc1N1CCCC1)[C@H]1CC(=O)N(Cc2ccccc2)C1. The molecular formula is C23H24F3N3O2. The van der Waals surface area contributed by atoms with Gasteiger partial charge in [0.15, 0.2) is 0 Å². The minimum Gasteiger partial charge on any atom is -0.370 e. The number of hydrogen-bond acceptors (Lipinski definition) is 3. The Hall–Kier alpha value is -3.03. The molecule has 31 heavy (non-hydrogen) atoms. The van der Waals surface area contributed by atoms with Crippen molar-refractivity contribution in [3.05, 3.63) is 59.7 Å². The van der Waals surface area contributed by atoms with Gasteiger partial charge in [0.2, 0.25) is 11.8 Å². The first-order chi connectivity index (χ1) is 14.8. The number of nitrogens with zero attached hydrogens (tertiary/aromatic N) is 2. The number of carbonyl (C=O) groups is 2. The maximum atomic E-state index is 13.2. The van der Waals surface area contributed by atoms with Crippen molar-refractivity contribution >= 4 is 23.2 Å². The van der Waals surface area contributed by atoms with Crippen LogP contribution >= 0.6 is 0 Å². The normalized spacial score (nSPS) is 19.2. The highest BCUT2D eigenvalue weighted by Crippen LogP contribution is 2.37. The Bertz CT molecular complexity index is 956. The number of likely N-dealkylation sites (tertiary alicyclic amines) is 1. The number of amides is 2. The van der Waals surface area contributed by atoms with E-state index >= 15 is 0 Å². The van der Waals surface area contributed by atoms with E-state index in [1.54, 1.807) is 4.90 Å². The maximum Gasteiger partial charge on any atom is 0.416 e. The van der Waals surface area contributed by atoms with E-state index in [-0.39, 0.29) is 24.6 Å². The van der Waals surface area contributed by atoms with E-state index in [1.807, 2.05) is 35.2 Å². The zero-order valence-corrected chi connectivity index (χ0v) is 17.0. The van der Waals surface area contributed by atoms with Crippen molar-refractivity contribution in [2.45, 2.75) is 32.0 Å². The Morgan fingerprint density at radius 2 is 1.77 bits per heavy atom. The van der Waals surface area contributed by atoms with E-state index in [2.05, 4.69) is 5.32 Å². The lowest BCUT2D eigenvalue weighted by molar-refractivity contribution is -0.137. The van der Waals surface area contributed by atoms with Crippen LogP contribution in [0.3, 0.4) is 0 Å². The molecule has 2 aliphatic rings. The van der Waals surface area contributed by atoms with Gasteiger partial charge >= 0.3 is 6.18 Å². The first kappa shape index (κ1) is 21.2. The summed E-state index contributed by atoms with van der Waals surface area (Å²) in [4.78, 5) is 28.9. The summed E-state index contributed by atoms with van der Waals surface area (Å²) in [6.45, 7) is 2.13. The molecule has 2 aromatic rings. The van der Waals surface area contributed by atoms with Crippen LogP contribution in [0, 0.1) is 5.92 Å². The van der Waals surface area contributed by atoms with E-state index < -0.39 is 23.6 Å². The Labute approximate surface area is 178 Å². The second kappa shape index (κ2) is 8.61. The molecule has 2 aromatic carbocycles. The van der Waals surface area contributed by atoms with Crippen LogP contribution in [-0.4, -0.2) is 36.3 Å². The molecule has 0 aromatic heterocycles. The van der Waals surface area contributed by atoms with Gasteiger partial charge in [-0.1, -0.05) is 30.3 Å². The molecule has 0 radical (unpaired) electrons. The third kappa shape index (κ3) is 4.84. The number of rotatable bonds is 5. The van der Waals surface area contributed by atoms with Gasteiger partial charge in [-0.25, -0.2) is 0 Å². The lowest BCUT2D eigenvalue weighted by atomic mass is 10.1. The largest absolute Gasteiger partial charge is 0.416 e. The Morgan fingerprint density at radius 1 is 1.06 bits per heavy atom. The lowest BCUT2D eigenvalue weighted by Gasteiger charge is -2.23. The molecule has 8 heteroatoms. The van der Waals surface area contributed by atoms with Crippen LogP contribution in [0.4, 0.5) is 24.5 Å². The number of hydrogen-bond donors (Lipinski definition) is 1. The van der Waals surface area contributed by atoms with Gasteiger partial charge in [0, 0.05) is 32.6 Å². The van der Waals surface area contributed by atoms with Crippen molar-refractivity contribution in [1.82, 2.24) is 4.90 Å². The fourth-order valence-electron chi connectivity index (χ4n) is 4.19. The lowest BCUT2D eigenvalue weighted by Crippen LogP contribution is -2.29. The van der Waals surface area contributed by atoms with Crippen molar-refractivity contribution in [1.29, 1.82) is 0 Å². The van der Waals surface area contributed by atoms with Gasteiger partial charge in [-0.15, -0.1) is 0 Å². The Balaban J connectivity index is 1.50. The molecule has 2 fully saturated rings. The van der Waals surface area contributed by atoms with Crippen LogP contribution in [0.25, 0.3) is 0 Å². The zero-order chi connectivity index (χ0) is 22.0. The Morgan fingerprint density at radius 3 is 2.45 bits per heavy atom. The smallest absolute Gasteiger partial charge is 0.370 e. The van der Waals surface area contributed by atoms with Crippen LogP contribution in [-0.2, 0) is 22.3 Å². The second-order valence-electron chi connectivity index (χ2n) is 8.07. The minimum absolute atomic E-state index is 0.0523. The molecule has 2 aliphatic heterocycles. The van der Waals surface area contributed by atoms with Crippen LogP contribution in [0.15, 0.2) is 48.5 Å². The fraction of sp³-hybridized carbons (Fsp3) is 0.391. The summed E-state index contributed by atoms with van der Waals surface area (Å²) < 4.78 is 39.7. The molecule has 0 unspecified atom stereocenters. The molecule has 5 nitrogen and oxygen atoms in total. The predicted octanol–water partition coefficient (Wildman–Crippen LogP) is 4.29. The fourth-order valence-corrected chi connectivity index (χ4v) is 4.19. The number of anilines is 2. The average Bonchev–Trinajstić information content (AvgIpc) is 3.39. The molecule has 2 amide bonds. The van der Waals surface area contributed by atoms with Crippen molar-refractivity contribution < 1.29 is 22.8 Å². The topological polar surface area (TPSA) is 52.7 Å². The van der Waals surface area contributed by atoms with Gasteiger partial charge in [0.1, 0.15) is 0 Å². The number of carbonyl (C=O) groups excluding carboxylic acids is 2. The first-order valence-corrected chi connectivity index (χ1v) is 10.4. The van der Waals surface area contributed by atoms with Crippen molar-refractivity contribution in [2.75, 3.05) is 29.9 Å². The number of halogens is 3. The van der Waals surface area contributed by atoms with Crippen LogP contribution in [0.1, 0.15) is 30.4 Å². The molecule has 2 heterocycles. The molecule has 2 saturated heterocycles. The molecule has 4 rings (SSSR count). The number of alkyl halides is 3. The minimum atomic E-state index is -4.50. The third-order valence-corrected chi connectivity index (χ3v) is 5.83.